The van der Waals surface area contributed by atoms with E-state index in [4.69, 9.17) is 15.6 Å². The van der Waals surface area contributed by atoms with Crippen LogP contribution in [0.4, 0.5) is 5.13 Å². The molecule has 0 saturated carbocycles. The number of hydrogen-bond donors (Lipinski definition) is 3. The predicted molar refractivity (Wildman–Crippen MR) is 170 cm³/mol. The molecule has 1 fully saturated rings. The van der Waals surface area contributed by atoms with E-state index in [1.807, 2.05) is 40.5 Å². The Labute approximate surface area is 273 Å². The van der Waals surface area contributed by atoms with Crippen molar-refractivity contribution in [2.45, 2.75) is 24.5 Å². The number of amidine groups is 1. The first-order chi connectivity index (χ1) is 22.3. The molecule has 4 aromatic heterocycles. The van der Waals surface area contributed by atoms with Crippen molar-refractivity contribution in [2.75, 3.05) is 31.7 Å². The summed E-state index contributed by atoms with van der Waals surface area (Å²) in [6.07, 6.45) is 3.85. The molecule has 3 aliphatic heterocycles. The quantitative estimate of drug-likeness (QED) is 0.0833. The maximum atomic E-state index is 13.3. The number of anilines is 1. The molecule has 18 heteroatoms. The van der Waals surface area contributed by atoms with Crippen LogP contribution in [-0.4, -0.2) is 86.1 Å². The Balaban J connectivity index is 1.09. The SMILES string of the molecule is CON=C(C(=O)N[C@@H]1C(=O)N2C(C(=O)[O-])=C(C[n+]3cccc4c3ccn4Cc3nc(C4=NCCN4)cs3)CS[C@H]12)c1csc(N)n1. The Morgan fingerprint density at radius 1 is 1.28 bits per heavy atom. The predicted octanol–water partition coefficient (Wildman–Crippen LogP) is -0.723. The number of amides is 2. The zero-order valence-corrected chi connectivity index (χ0v) is 26.7. The number of rotatable bonds is 10. The Bertz CT molecular complexity index is 1980. The molecule has 4 aromatic rings. The zero-order chi connectivity index (χ0) is 31.9. The molecule has 236 valence electrons. The van der Waals surface area contributed by atoms with Gasteiger partial charge in [0.15, 0.2) is 23.6 Å². The standard InChI is InChI=1S/C28H26N10O5S3/c1-43-35-20(15-12-46-28(29)33-15)24(39)34-21-25(40)38-22(27(41)42)14(11-45-26(21)38)9-36-7-2-3-17-18(36)4-8-37(17)10-19-32-16(13-44-19)23-30-5-6-31-23/h2-4,7-8,12-13,21,26H,5-6,9-11H2,1H3,(H4-,29,30,31,33,34,39,41,42)/t21-,26-/m1/s1. The van der Waals surface area contributed by atoms with E-state index >= 15 is 0 Å². The number of carbonyl (C=O) groups excluding carboxylic acids is 3. The third-order valence-corrected chi connectivity index (χ3v) is 10.5. The number of thiazole rings is 2. The second-order valence-corrected chi connectivity index (χ2v) is 13.4. The zero-order valence-electron chi connectivity index (χ0n) is 24.2. The molecule has 0 aromatic carbocycles. The molecule has 4 N–H and O–H groups in total. The summed E-state index contributed by atoms with van der Waals surface area (Å²) >= 11 is 4.06. The van der Waals surface area contributed by atoms with Crippen LogP contribution in [0.25, 0.3) is 11.0 Å². The van der Waals surface area contributed by atoms with Gasteiger partial charge >= 0.3 is 0 Å². The molecule has 3 aliphatic rings. The number of hydrogen-bond acceptors (Lipinski definition) is 14. The van der Waals surface area contributed by atoms with E-state index in [0.29, 0.717) is 17.9 Å². The van der Waals surface area contributed by atoms with Gasteiger partial charge in [0.05, 0.1) is 24.8 Å². The molecule has 0 bridgehead atoms. The van der Waals surface area contributed by atoms with Crippen molar-refractivity contribution in [3.8, 4) is 0 Å². The molecular formula is C28H26N10O5S3. The molecule has 0 radical (unpaired) electrons. The van der Waals surface area contributed by atoms with Crippen LogP contribution < -0.4 is 26.0 Å². The van der Waals surface area contributed by atoms with Crippen LogP contribution in [0.15, 0.2) is 62.8 Å². The first-order valence-electron chi connectivity index (χ1n) is 14.0. The number of β-lactam (4-membered cyclic amide) rings is 1. The minimum Gasteiger partial charge on any atom is -0.543 e. The lowest BCUT2D eigenvalue weighted by Gasteiger charge is -2.50. The number of carboxylic acids is 1. The topological polar surface area (TPSA) is 196 Å². The van der Waals surface area contributed by atoms with Gasteiger partial charge in [0.2, 0.25) is 5.52 Å². The van der Waals surface area contributed by atoms with Gasteiger partial charge in [-0.15, -0.1) is 34.4 Å². The number of carbonyl (C=O) groups is 3. The van der Waals surface area contributed by atoms with E-state index in [0.717, 1.165) is 52.0 Å². The number of pyridine rings is 1. The molecule has 46 heavy (non-hydrogen) atoms. The number of nitrogens with two attached hydrogens (primary N) is 1. The van der Waals surface area contributed by atoms with E-state index in [-0.39, 0.29) is 28.8 Å². The Kier molecular flexibility index (Phi) is 7.91. The van der Waals surface area contributed by atoms with E-state index in [2.05, 4.69) is 30.3 Å². The number of aliphatic imine (C=N–C) groups is 1. The summed E-state index contributed by atoms with van der Waals surface area (Å²) in [7, 11) is 1.28. The summed E-state index contributed by atoms with van der Waals surface area (Å²) in [5.74, 6) is -1.57. The van der Waals surface area contributed by atoms with E-state index in [1.54, 1.807) is 16.7 Å². The van der Waals surface area contributed by atoms with Crippen LogP contribution in [-0.2, 0) is 32.3 Å². The summed E-state index contributed by atoms with van der Waals surface area (Å²) in [5, 5.41) is 26.2. The van der Waals surface area contributed by atoms with Crippen LogP contribution >= 0.6 is 34.4 Å². The first kappa shape index (κ1) is 29.9. The van der Waals surface area contributed by atoms with E-state index in [9.17, 15) is 19.5 Å². The maximum absolute atomic E-state index is 13.3. The average Bonchev–Trinajstić information content (AvgIpc) is 3.87. The number of aromatic nitrogens is 4. The molecule has 15 nitrogen and oxygen atoms in total. The number of fused-ring (bicyclic) bond motifs is 2. The molecule has 7 rings (SSSR count). The molecule has 7 heterocycles. The van der Waals surface area contributed by atoms with Gasteiger partial charge in [0.25, 0.3) is 11.8 Å². The van der Waals surface area contributed by atoms with Gasteiger partial charge in [-0.05, 0) is 6.07 Å². The fourth-order valence-corrected chi connectivity index (χ4v) is 8.26. The van der Waals surface area contributed by atoms with Crippen LogP contribution in [0, 0.1) is 0 Å². The van der Waals surface area contributed by atoms with Gasteiger partial charge in [-0.3, -0.25) is 19.5 Å². The second-order valence-electron chi connectivity index (χ2n) is 10.4. The van der Waals surface area contributed by atoms with Crippen molar-refractivity contribution >= 4 is 79.9 Å². The van der Waals surface area contributed by atoms with Crippen LogP contribution in [0.3, 0.4) is 0 Å². The number of nitrogen functional groups attached to an aromatic ring is 1. The van der Waals surface area contributed by atoms with Gasteiger partial charge in [0, 0.05) is 47.0 Å². The average molecular weight is 679 g/mol. The number of oxime groups is 1. The molecule has 0 spiro atoms. The van der Waals surface area contributed by atoms with Gasteiger partial charge in [-0.25, -0.2) is 9.97 Å². The van der Waals surface area contributed by atoms with Crippen LogP contribution in [0.5, 0.6) is 0 Å². The normalized spacial score (nSPS) is 19.5. The number of nitrogens with zero attached hydrogens (tertiary/aromatic N) is 7. The van der Waals surface area contributed by atoms with Gasteiger partial charge in [-0.2, -0.15) is 4.57 Å². The van der Waals surface area contributed by atoms with Gasteiger partial charge in [-0.1, -0.05) is 5.16 Å². The number of aliphatic carboxylic acids is 1. The van der Waals surface area contributed by atoms with Crippen molar-refractivity contribution in [2.24, 2.45) is 10.1 Å². The highest BCUT2D eigenvalue weighted by molar-refractivity contribution is 8.00. The Hall–Kier alpha value is -4.81. The number of nitrogens with one attached hydrogen (secondary N) is 2. The van der Waals surface area contributed by atoms with Gasteiger partial charge < -0.3 is 35.7 Å². The third kappa shape index (κ3) is 5.37. The lowest BCUT2D eigenvalue weighted by molar-refractivity contribution is -0.663. The second kappa shape index (κ2) is 12.2. The first-order valence-corrected chi connectivity index (χ1v) is 16.8. The lowest BCUT2D eigenvalue weighted by atomic mass is 10.0. The van der Waals surface area contributed by atoms with Gasteiger partial charge in [0.1, 0.15) is 46.3 Å². The molecule has 0 aliphatic carbocycles. The van der Waals surface area contributed by atoms with Crippen molar-refractivity contribution in [3.05, 3.63) is 69.0 Å². The summed E-state index contributed by atoms with van der Waals surface area (Å²) in [6.45, 7) is 2.36. The smallest absolute Gasteiger partial charge is 0.276 e. The molecule has 2 atom stereocenters. The van der Waals surface area contributed by atoms with Crippen molar-refractivity contribution in [3.63, 3.8) is 0 Å². The van der Waals surface area contributed by atoms with Crippen molar-refractivity contribution in [1.82, 2.24) is 30.1 Å². The number of thioether (sulfide) groups is 1. The minimum atomic E-state index is -1.45. The largest absolute Gasteiger partial charge is 0.543 e. The molecule has 1 saturated heterocycles. The summed E-state index contributed by atoms with van der Waals surface area (Å²) in [6, 6.07) is 4.90. The van der Waals surface area contributed by atoms with E-state index < -0.39 is 29.2 Å². The summed E-state index contributed by atoms with van der Waals surface area (Å²) in [5.41, 5.74) is 8.78. The van der Waals surface area contributed by atoms with E-state index in [1.165, 1.54) is 23.8 Å². The monoisotopic (exact) mass is 678 g/mol. The third-order valence-electron chi connectivity index (χ3n) is 7.64. The highest BCUT2D eigenvalue weighted by Gasteiger charge is 2.53. The Morgan fingerprint density at radius 3 is 2.89 bits per heavy atom. The van der Waals surface area contributed by atoms with Crippen LogP contribution in [0.2, 0.25) is 0 Å². The van der Waals surface area contributed by atoms with Crippen molar-refractivity contribution < 1.29 is 28.9 Å². The maximum Gasteiger partial charge on any atom is 0.276 e. The fourth-order valence-electron chi connectivity index (χ4n) is 5.60. The number of carboxylic acid groups (broad SMARTS) is 1. The van der Waals surface area contributed by atoms with Crippen molar-refractivity contribution in [1.29, 1.82) is 0 Å². The lowest BCUT2D eigenvalue weighted by Crippen LogP contribution is -2.71. The molecular weight excluding hydrogens is 653 g/mol. The fraction of sp³-hybridized carbons (Fsp3) is 0.286. The Morgan fingerprint density at radius 2 is 2.15 bits per heavy atom. The summed E-state index contributed by atoms with van der Waals surface area (Å²) in [4.78, 5) is 58.0. The minimum absolute atomic E-state index is 0.147. The highest BCUT2D eigenvalue weighted by Crippen LogP contribution is 2.40. The summed E-state index contributed by atoms with van der Waals surface area (Å²) < 4.78 is 4.04. The highest BCUT2D eigenvalue weighted by atomic mass is 32.2. The molecule has 2 amide bonds. The molecule has 0 unspecified atom stereocenters. The van der Waals surface area contributed by atoms with Crippen LogP contribution in [0.1, 0.15) is 16.4 Å².